The van der Waals surface area contributed by atoms with Gasteiger partial charge in [-0.1, -0.05) is 387 Å². The van der Waals surface area contributed by atoms with Gasteiger partial charge in [0, 0.05) is 25.7 Å². The molecule has 19 heteroatoms. The minimum Gasteiger partial charge on any atom is -0.462 e. The van der Waals surface area contributed by atoms with E-state index in [0.29, 0.717) is 25.7 Å². The Bertz CT molecular complexity index is 1890. The molecule has 0 aliphatic rings. The Kier molecular flexibility index (Phi) is 73.8. The largest absolute Gasteiger partial charge is 0.472 e. The standard InChI is InChI=1S/C81H158O17P2/c1-5-9-13-17-21-25-29-33-36-38-40-44-48-52-56-60-64-68-81(86)98-77(72-92-79(84)66-62-58-54-50-46-43-39-37-34-30-26-22-18-14-10-6-2)74-96-100(89,90)94-70-75(82)69-93-99(87,88)95-73-76(71-91-78(83)65-61-57-53-49-45-41-32-28-24-20-16-12-8-4)97-80(85)67-63-59-55-51-47-42-35-31-27-23-19-15-11-7-3/h75-77,82H,5-74H2,1-4H3,(H,87,88)(H,89,90)/t75-,76+,77+/m0/s1. The number of ether oxygens (including phenoxy) is 4. The fourth-order valence-corrected chi connectivity index (χ4v) is 14.2. The molecule has 0 amide bonds. The number of phosphoric acid groups is 2. The molecule has 0 rings (SSSR count). The van der Waals surface area contributed by atoms with E-state index in [9.17, 15) is 43.2 Å². The zero-order valence-electron chi connectivity index (χ0n) is 65.2. The normalized spacial score (nSPS) is 13.8. The Balaban J connectivity index is 5.26. The van der Waals surface area contributed by atoms with E-state index in [4.69, 9.17) is 37.0 Å². The van der Waals surface area contributed by atoms with Crippen molar-refractivity contribution in [1.29, 1.82) is 0 Å². The second-order valence-electron chi connectivity index (χ2n) is 29.2. The number of aliphatic hydroxyl groups excluding tert-OH is 1. The van der Waals surface area contributed by atoms with Crippen LogP contribution in [0.15, 0.2) is 0 Å². The highest BCUT2D eigenvalue weighted by Crippen LogP contribution is 2.45. The van der Waals surface area contributed by atoms with Crippen LogP contribution in [0.5, 0.6) is 0 Å². The molecular weight excluding hydrogens is 1310 g/mol. The minimum atomic E-state index is -4.96. The number of carbonyl (C=O) groups excluding carboxylic acids is 4. The summed E-state index contributed by atoms with van der Waals surface area (Å²) < 4.78 is 68.8. The number of carbonyl (C=O) groups is 4. The van der Waals surface area contributed by atoms with Gasteiger partial charge in [0.25, 0.3) is 0 Å². The van der Waals surface area contributed by atoms with Gasteiger partial charge in [-0.25, -0.2) is 9.13 Å². The summed E-state index contributed by atoms with van der Waals surface area (Å²) in [4.78, 5) is 73.1. The summed E-state index contributed by atoms with van der Waals surface area (Å²) in [6.45, 7) is 5.04. The SMILES string of the molecule is CCCCCCCCCCCCCCCCCCCC(=O)O[C@H](COC(=O)CCCCCCCCCCCCCCCCCC)COP(=O)(O)OC[C@@H](O)COP(=O)(O)OC[C@@H](COC(=O)CCCCCCCCCCCCCCC)OC(=O)CCCCCCCCCCCCCCCC. The Hall–Kier alpha value is -1.94. The molecule has 0 aromatic rings. The smallest absolute Gasteiger partial charge is 0.462 e. The molecule has 2 unspecified atom stereocenters. The van der Waals surface area contributed by atoms with Gasteiger partial charge in [0.05, 0.1) is 26.4 Å². The zero-order chi connectivity index (χ0) is 73.2. The maximum Gasteiger partial charge on any atom is 0.472 e. The maximum atomic E-state index is 13.1. The molecule has 17 nitrogen and oxygen atoms in total. The summed E-state index contributed by atoms with van der Waals surface area (Å²) >= 11 is 0. The molecule has 0 fully saturated rings. The van der Waals surface area contributed by atoms with E-state index in [0.717, 1.165) is 89.9 Å². The third-order valence-electron chi connectivity index (χ3n) is 19.1. The predicted molar refractivity (Wildman–Crippen MR) is 409 cm³/mol. The summed E-state index contributed by atoms with van der Waals surface area (Å²) in [6, 6.07) is 0. The summed E-state index contributed by atoms with van der Waals surface area (Å²) in [5.74, 6) is -2.10. The van der Waals surface area contributed by atoms with Crippen molar-refractivity contribution in [3.8, 4) is 0 Å². The van der Waals surface area contributed by atoms with Crippen LogP contribution >= 0.6 is 15.6 Å². The van der Waals surface area contributed by atoms with Gasteiger partial charge in [0.15, 0.2) is 12.2 Å². The first-order valence-electron chi connectivity index (χ1n) is 42.3. The number of esters is 4. The fourth-order valence-electron chi connectivity index (χ4n) is 12.6. The Morgan fingerprint density at radius 3 is 0.590 bits per heavy atom. The van der Waals surface area contributed by atoms with E-state index in [1.165, 1.54) is 270 Å². The van der Waals surface area contributed by atoms with Crippen molar-refractivity contribution >= 4 is 39.5 Å². The van der Waals surface area contributed by atoms with Gasteiger partial charge < -0.3 is 33.8 Å². The maximum absolute atomic E-state index is 13.1. The zero-order valence-corrected chi connectivity index (χ0v) is 67.0. The second kappa shape index (κ2) is 75.3. The van der Waals surface area contributed by atoms with E-state index in [1.807, 2.05) is 0 Å². The highest BCUT2D eigenvalue weighted by molar-refractivity contribution is 7.47. The molecule has 0 aromatic carbocycles. The third kappa shape index (κ3) is 74.3. The first-order valence-corrected chi connectivity index (χ1v) is 45.3. The number of aliphatic hydroxyl groups is 1. The van der Waals surface area contributed by atoms with Crippen molar-refractivity contribution in [3.05, 3.63) is 0 Å². The van der Waals surface area contributed by atoms with E-state index >= 15 is 0 Å². The third-order valence-corrected chi connectivity index (χ3v) is 21.0. The van der Waals surface area contributed by atoms with Gasteiger partial charge >= 0.3 is 39.5 Å². The number of unbranched alkanes of at least 4 members (excludes halogenated alkanes) is 56. The van der Waals surface area contributed by atoms with Crippen molar-refractivity contribution in [2.24, 2.45) is 0 Å². The topological polar surface area (TPSA) is 237 Å². The predicted octanol–water partition coefficient (Wildman–Crippen LogP) is 24.6. The molecule has 0 saturated carbocycles. The first kappa shape index (κ1) is 98.1. The summed E-state index contributed by atoms with van der Waals surface area (Å²) in [5, 5.41) is 10.6. The monoisotopic (exact) mass is 1470 g/mol. The lowest BCUT2D eigenvalue weighted by atomic mass is 10.0. The fraction of sp³-hybridized carbons (Fsp3) is 0.951. The van der Waals surface area contributed by atoms with Gasteiger partial charge in [-0.15, -0.1) is 0 Å². The molecule has 0 bridgehead atoms. The lowest BCUT2D eigenvalue weighted by Gasteiger charge is -2.21. The highest BCUT2D eigenvalue weighted by atomic mass is 31.2. The molecule has 0 saturated heterocycles. The lowest BCUT2D eigenvalue weighted by molar-refractivity contribution is -0.161. The first-order chi connectivity index (χ1) is 48.7. The molecule has 5 atom stereocenters. The molecule has 3 N–H and O–H groups in total. The van der Waals surface area contributed by atoms with Crippen LogP contribution < -0.4 is 0 Å². The Labute approximate surface area is 613 Å². The van der Waals surface area contributed by atoms with E-state index in [1.54, 1.807) is 0 Å². The molecule has 0 aromatic heterocycles. The summed E-state index contributed by atoms with van der Waals surface area (Å²) in [7, 11) is -9.92. The van der Waals surface area contributed by atoms with Crippen molar-refractivity contribution in [2.45, 2.75) is 457 Å². The minimum absolute atomic E-state index is 0.109. The number of hydrogen-bond acceptors (Lipinski definition) is 15. The number of rotatable bonds is 82. The van der Waals surface area contributed by atoms with Crippen LogP contribution in [0.1, 0.15) is 439 Å². The molecule has 594 valence electrons. The Morgan fingerprint density at radius 2 is 0.400 bits per heavy atom. The van der Waals surface area contributed by atoms with Gasteiger partial charge in [-0.05, 0) is 25.7 Å². The highest BCUT2D eigenvalue weighted by Gasteiger charge is 2.30. The van der Waals surface area contributed by atoms with Crippen molar-refractivity contribution < 1.29 is 80.2 Å². The van der Waals surface area contributed by atoms with E-state index in [2.05, 4.69) is 27.7 Å². The average Bonchev–Trinajstić information content (AvgIpc) is 1.04. The van der Waals surface area contributed by atoms with Gasteiger partial charge in [0.2, 0.25) is 0 Å². The van der Waals surface area contributed by atoms with Crippen LogP contribution in [-0.4, -0.2) is 96.7 Å². The van der Waals surface area contributed by atoms with Gasteiger partial charge in [0.1, 0.15) is 19.3 Å². The van der Waals surface area contributed by atoms with Crippen LogP contribution in [0.3, 0.4) is 0 Å². The molecule has 0 aliphatic heterocycles. The van der Waals surface area contributed by atoms with Gasteiger partial charge in [-0.2, -0.15) is 0 Å². The van der Waals surface area contributed by atoms with Crippen molar-refractivity contribution in [3.63, 3.8) is 0 Å². The molecule has 0 aliphatic carbocycles. The molecule has 0 heterocycles. The molecule has 100 heavy (non-hydrogen) atoms. The van der Waals surface area contributed by atoms with Crippen LogP contribution in [-0.2, 0) is 65.4 Å². The van der Waals surface area contributed by atoms with Crippen LogP contribution in [0.4, 0.5) is 0 Å². The summed E-state index contributed by atoms with van der Waals surface area (Å²) in [5.41, 5.74) is 0. The molecular formula is C81H158O17P2. The average molecular weight is 1470 g/mol. The van der Waals surface area contributed by atoms with Crippen molar-refractivity contribution in [1.82, 2.24) is 0 Å². The van der Waals surface area contributed by atoms with Crippen LogP contribution in [0.25, 0.3) is 0 Å². The van der Waals surface area contributed by atoms with Crippen molar-refractivity contribution in [2.75, 3.05) is 39.6 Å². The van der Waals surface area contributed by atoms with Gasteiger partial charge in [-0.3, -0.25) is 37.3 Å². The number of phosphoric ester groups is 2. The molecule has 0 spiro atoms. The van der Waals surface area contributed by atoms with E-state index < -0.39 is 97.5 Å². The quantitative estimate of drug-likeness (QED) is 0.0222. The van der Waals surface area contributed by atoms with Crippen LogP contribution in [0.2, 0.25) is 0 Å². The lowest BCUT2D eigenvalue weighted by Crippen LogP contribution is -2.30. The van der Waals surface area contributed by atoms with E-state index in [-0.39, 0.29) is 25.7 Å². The second-order valence-corrected chi connectivity index (χ2v) is 32.1. The number of hydrogen-bond donors (Lipinski definition) is 3. The van der Waals surface area contributed by atoms with Crippen LogP contribution in [0, 0.1) is 0 Å². The molecule has 0 radical (unpaired) electrons. The Morgan fingerprint density at radius 1 is 0.240 bits per heavy atom. The summed E-state index contributed by atoms with van der Waals surface area (Å²) in [6.07, 6.45) is 67.8.